The highest BCUT2D eigenvalue weighted by Crippen LogP contribution is 2.21. The summed E-state index contributed by atoms with van der Waals surface area (Å²) in [6, 6.07) is 5.96. The van der Waals surface area contributed by atoms with Crippen molar-refractivity contribution in [2.45, 2.75) is 4.90 Å². The maximum atomic E-state index is 4.03. The van der Waals surface area contributed by atoms with E-state index in [-0.39, 0.29) is 0 Å². The maximum absolute atomic E-state index is 4.03. The highest BCUT2D eigenvalue weighted by Gasteiger charge is 2.01. The first-order valence-corrected chi connectivity index (χ1v) is 4.48. The number of aromatic amines is 1. The molecule has 0 radical (unpaired) electrons. The number of rotatable bonds is 1. The lowest BCUT2D eigenvalue weighted by molar-refractivity contribution is 0.957. The Labute approximate surface area is 68.2 Å². The Morgan fingerprint density at radius 2 is 2.27 bits per heavy atom. The third kappa shape index (κ3) is 0.991. The monoisotopic (exact) mass is 165 g/mol. The molecular formula is C7H7N3S. The molecule has 1 N–H and O–H groups in total. The summed E-state index contributed by atoms with van der Waals surface area (Å²) in [7, 11) is 0. The van der Waals surface area contributed by atoms with Gasteiger partial charge in [0.1, 0.15) is 11.0 Å². The van der Waals surface area contributed by atoms with Crippen LogP contribution in [0.3, 0.4) is 0 Å². The topological polar surface area (TPSA) is 41.6 Å². The number of H-pyrrole nitrogens is 1. The fourth-order valence-electron chi connectivity index (χ4n) is 1.01. The second-order valence-corrected chi connectivity index (χ2v) is 3.00. The summed E-state index contributed by atoms with van der Waals surface area (Å²) in [4.78, 5) is 1.16. The van der Waals surface area contributed by atoms with Gasteiger partial charge in [0.25, 0.3) is 0 Å². The van der Waals surface area contributed by atoms with Crippen LogP contribution in [0.15, 0.2) is 23.1 Å². The minimum absolute atomic E-state index is 0.928. The summed E-state index contributed by atoms with van der Waals surface area (Å²) >= 11 is 1.68. The fraction of sp³-hybridized carbons (Fsp3) is 0.143. The van der Waals surface area contributed by atoms with Crippen LogP contribution in [0.5, 0.6) is 0 Å². The SMILES string of the molecule is CSc1cccc2n[nH]nc12. The lowest BCUT2D eigenvalue weighted by atomic mass is 10.3. The maximum Gasteiger partial charge on any atom is 0.126 e. The van der Waals surface area contributed by atoms with Crippen molar-refractivity contribution in [1.29, 1.82) is 0 Å². The number of nitrogens with zero attached hydrogens (tertiary/aromatic N) is 2. The standard InChI is InChI=1S/C7H7N3S/c1-11-6-4-2-3-5-7(6)9-10-8-5/h2-4H,1H3,(H,8,9,10). The second kappa shape index (κ2) is 2.54. The number of hydrogen-bond donors (Lipinski definition) is 1. The number of hydrogen-bond acceptors (Lipinski definition) is 3. The van der Waals surface area contributed by atoms with Gasteiger partial charge in [-0.1, -0.05) is 6.07 Å². The zero-order valence-electron chi connectivity index (χ0n) is 6.03. The molecule has 56 valence electrons. The Hall–Kier alpha value is -1.03. The van der Waals surface area contributed by atoms with Gasteiger partial charge in [0.05, 0.1) is 0 Å². The molecule has 0 aliphatic heterocycles. The zero-order valence-corrected chi connectivity index (χ0v) is 6.85. The Morgan fingerprint density at radius 3 is 3.09 bits per heavy atom. The van der Waals surface area contributed by atoms with Crippen molar-refractivity contribution < 1.29 is 0 Å². The summed E-state index contributed by atoms with van der Waals surface area (Å²) < 4.78 is 0. The van der Waals surface area contributed by atoms with Crippen LogP contribution in [0.25, 0.3) is 11.0 Å². The number of fused-ring (bicyclic) bond motifs is 1. The van der Waals surface area contributed by atoms with Gasteiger partial charge in [-0.3, -0.25) is 0 Å². The molecule has 0 aliphatic carbocycles. The molecule has 0 saturated carbocycles. The molecule has 3 nitrogen and oxygen atoms in total. The molecule has 0 amide bonds. The van der Waals surface area contributed by atoms with Crippen LogP contribution < -0.4 is 0 Å². The molecule has 2 rings (SSSR count). The van der Waals surface area contributed by atoms with E-state index in [1.807, 2.05) is 24.5 Å². The third-order valence-corrected chi connectivity index (χ3v) is 2.30. The molecule has 2 aromatic rings. The highest BCUT2D eigenvalue weighted by molar-refractivity contribution is 7.98. The van der Waals surface area contributed by atoms with Gasteiger partial charge in [-0.2, -0.15) is 15.4 Å². The average molecular weight is 165 g/mol. The van der Waals surface area contributed by atoms with Gasteiger partial charge in [0, 0.05) is 4.90 Å². The molecule has 1 heterocycles. The third-order valence-electron chi connectivity index (χ3n) is 1.53. The minimum atomic E-state index is 0.928. The van der Waals surface area contributed by atoms with Crippen LogP contribution in [0, 0.1) is 0 Å². The first-order valence-electron chi connectivity index (χ1n) is 3.25. The summed E-state index contributed by atoms with van der Waals surface area (Å²) in [6.45, 7) is 0. The normalized spacial score (nSPS) is 10.6. The van der Waals surface area contributed by atoms with E-state index in [4.69, 9.17) is 0 Å². The minimum Gasteiger partial charge on any atom is -0.197 e. The van der Waals surface area contributed by atoms with Gasteiger partial charge in [-0.25, -0.2) is 0 Å². The van der Waals surface area contributed by atoms with Crippen molar-refractivity contribution in [1.82, 2.24) is 15.4 Å². The van der Waals surface area contributed by atoms with Crippen LogP contribution in [0.4, 0.5) is 0 Å². The van der Waals surface area contributed by atoms with Crippen LogP contribution >= 0.6 is 11.8 Å². The molecule has 11 heavy (non-hydrogen) atoms. The lowest BCUT2D eigenvalue weighted by Crippen LogP contribution is -1.73. The molecule has 0 fully saturated rings. The predicted octanol–water partition coefficient (Wildman–Crippen LogP) is 1.68. The summed E-state index contributed by atoms with van der Waals surface area (Å²) in [5.41, 5.74) is 1.89. The predicted molar refractivity (Wildman–Crippen MR) is 45.7 cm³/mol. The van der Waals surface area contributed by atoms with Gasteiger partial charge in [0.15, 0.2) is 0 Å². The van der Waals surface area contributed by atoms with Crippen molar-refractivity contribution >= 4 is 22.8 Å². The van der Waals surface area contributed by atoms with E-state index in [0.717, 1.165) is 15.9 Å². The summed E-state index contributed by atoms with van der Waals surface area (Å²) in [5.74, 6) is 0. The van der Waals surface area contributed by atoms with E-state index in [9.17, 15) is 0 Å². The number of aromatic nitrogens is 3. The van der Waals surface area contributed by atoms with E-state index in [2.05, 4.69) is 15.4 Å². The molecule has 4 heteroatoms. The van der Waals surface area contributed by atoms with E-state index in [1.54, 1.807) is 11.8 Å². The average Bonchev–Trinajstić information content (AvgIpc) is 2.50. The summed E-state index contributed by atoms with van der Waals surface area (Å²) in [5, 5.41) is 10.6. The first kappa shape index (κ1) is 6.67. The molecule has 0 atom stereocenters. The number of para-hydroxylation sites is 1. The summed E-state index contributed by atoms with van der Waals surface area (Å²) in [6.07, 6.45) is 2.03. The van der Waals surface area contributed by atoms with Gasteiger partial charge in [-0.05, 0) is 18.4 Å². The Balaban J connectivity index is 2.79. The van der Waals surface area contributed by atoms with E-state index in [0.29, 0.717) is 0 Å². The molecule has 0 spiro atoms. The lowest BCUT2D eigenvalue weighted by Gasteiger charge is -1.93. The second-order valence-electron chi connectivity index (χ2n) is 2.15. The largest absolute Gasteiger partial charge is 0.197 e. The quantitative estimate of drug-likeness (QED) is 0.654. The number of nitrogens with one attached hydrogen (secondary N) is 1. The van der Waals surface area contributed by atoms with E-state index in [1.165, 1.54) is 0 Å². The fourth-order valence-corrected chi connectivity index (χ4v) is 1.57. The first-order chi connectivity index (χ1) is 5.42. The van der Waals surface area contributed by atoms with Gasteiger partial charge in [-0.15, -0.1) is 11.8 Å². The molecule has 0 unspecified atom stereocenters. The highest BCUT2D eigenvalue weighted by atomic mass is 32.2. The van der Waals surface area contributed by atoms with Crippen molar-refractivity contribution in [2.75, 3.05) is 6.26 Å². The van der Waals surface area contributed by atoms with Crippen LogP contribution in [0.1, 0.15) is 0 Å². The van der Waals surface area contributed by atoms with Crippen LogP contribution in [-0.2, 0) is 0 Å². The van der Waals surface area contributed by atoms with Crippen molar-refractivity contribution in [3.63, 3.8) is 0 Å². The smallest absolute Gasteiger partial charge is 0.126 e. The number of thioether (sulfide) groups is 1. The van der Waals surface area contributed by atoms with E-state index >= 15 is 0 Å². The van der Waals surface area contributed by atoms with Gasteiger partial charge >= 0.3 is 0 Å². The van der Waals surface area contributed by atoms with Crippen LogP contribution in [-0.4, -0.2) is 21.7 Å². The van der Waals surface area contributed by atoms with Gasteiger partial charge in [0.2, 0.25) is 0 Å². The molecule has 0 bridgehead atoms. The van der Waals surface area contributed by atoms with Crippen molar-refractivity contribution in [3.05, 3.63) is 18.2 Å². The zero-order chi connectivity index (χ0) is 7.68. The number of benzene rings is 1. The molecule has 0 aliphatic rings. The Bertz CT molecular complexity index is 368. The molecule has 1 aromatic heterocycles. The molecular weight excluding hydrogens is 158 g/mol. The van der Waals surface area contributed by atoms with Gasteiger partial charge < -0.3 is 0 Å². The van der Waals surface area contributed by atoms with Crippen LogP contribution in [0.2, 0.25) is 0 Å². The molecule has 0 saturated heterocycles. The van der Waals surface area contributed by atoms with Crippen molar-refractivity contribution in [2.24, 2.45) is 0 Å². The van der Waals surface area contributed by atoms with E-state index < -0.39 is 0 Å². The van der Waals surface area contributed by atoms with Crippen molar-refractivity contribution in [3.8, 4) is 0 Å². The molecule has 1 aromatic carbocycles. The Morgan fingerprint density at radius 1 is 1.36 bits per heavy atom. The Kier molecular flexibility index (Phi) is 1.54.